The molecule has 3 aromatic heterocycles. The van der Waals surface area contributed by atoms with Crippen LogP contribution in [0.4, 0.5) is 0 Å². The predicted molar refractivity (Wildman–Crippen MR) is 213 cm³/mol. The van der Waals surface area contributed by atoms with Crippen LogP contribution in [0.1, 0.15) is 17.7 Å². The van der Waals surface area contributed by atoms with Gasteiger partial charge in [-0.15, -0.1) is 0 Å². The van der Waals surface area contributed by atoms with Gasteiger partial charge in [-0.2, -0.15) is 0 Å². The molecular weight excluding hydrogens is 637 g/mol. The van der Waals surface area contributed by atoms with E-state index in [9.17, 15) is 0 Å². The zero-order chi connectivity index (χ0) is 34.2. The van der Waals surface area contributed by atoms with Crippen molar-refractivity contribution >= 4 is 60.4 Å². The molecule has 52 heavy (non-hydrogen) atoms. The average Bonchev–Trinajstić information content (AvgIpc) is 3.75. The van der Waals surface area contributed by atoms with E-state index in [1.807, 2.05) is 18.2 Å². The number of fused-ring (bicyclic) bond motifs is 8. The molecule has 0 saturated carbocycles. The smallest absolute Gasteiger partial charge is 0.166 e. The second-order valence-electron chi connectivity index (χ2n) is 13.5. The lowest BCUT2D eigenvalue weighted by atomic mass is 9.96. The summed E-state index contributed by atoms with van der Waals surface area (Å²) < 4.78 is 8.97. The Bertz CT molecular complexity index is 3070. The molecule has 0 aliphatic heterocycles. The Morgan fingerprint density at radius 2 is 1.25 bits per heavy atom. The van der Waals surface area contributed by atoms with Crippen molar-refractivity contribution in [1.29, 1.82) is 0 Å². The van der Waals surface area contributed by atoms with Gasteiger partial charge in [0, 0.05) is 32.8 Å². The number of benzene rings is 7. The third kappa shape index (κ3) is 4.39. The van der Waals surface area contributed by atoms with Crippen molar-refractivity contribution < 1.29 is 4.42 Å². The first-order valence-corrected chi connectivity index (χ1v) is 17.8. The van der Waals surface area contributed by atoms with Gasteiger partial charge < -0.3 is 8.98 Å². The van der Waals surface area contributed by atoms with E-state index >= 15 is 0 Å². The summed E-state index contributed by atoms with van der Waals surface area (Å²) in [5, 5.41) is 8.10. The molecule has 0 saturated heterocycles. The molecule has 7 aromatic carbocycles. The second-order valence-corrected chi connectivity index (χ2v) is 13.5. The highest BCUT2D eigenvalue weighted by atomic mass is 16.3. The summed E-state index contributed by atoms with van der Waals surface area (Å²) in [6.07, 6.45) is 6.12. The highest BCUT2D eigenvalue weighted by Gasteiger charge is 2.26. The first-order valence-electron chi connectivity index (χ1n) is 17.8. The van der Waals surface area contributed by atoms with Crippen LogP contribution in [0.25, 0.3) is 100 Å². The largest absolute Gasteiger partial charge is 0.456 e. The SMILES string of the molecule is C1=Cc2oc3ccc(-n4c5ccccc5c5cc6ccccc6cc54)c(-c4nc(-c5ccccc5)nc(-c5cccc6ccccc56)n4)c3c2CC1. The van der Waals surface area contributed by atoms with Gasteiger partial charge in [-0.3, -0.25) is 0 Å². The highest BCUT2D eigenvalue weighted by molar-refractivity contribution is 6.15. The van der Waals surface area contributed by atoms with E-state index < -0.39 is 0 Å². The van der Waals surface area contributed by atoms with Gasteiger partial charge in [0.1, 0.15) is 11.3 Å². The molecule has 1 aliphatic rings. The van der Waals surface area contributed by atoms with Crippen molar-refractivity contribution in [3.63, 3.8) is 0 Å². The van der Waals surface area contributed by atoms with Crippen LogP contribution in [0.15, 0.2) is 156 Å². The molecule has 0 radical (unpaired) electrons. The van der Waals surface area contributed by atoms with Crippen molar-refractivity contribution in [3.05, 3.63) is 163 Å². The molecule has 10 aromatic rings. The van der Waals surface area contributed by atoms with E-state index in [4.69, 9.17) is 19.4 Å². The van der Waals surface area contributed by atoms with Crippen LogP contribution in [0.5, 0.6) is 0 Å². The Balaban J connectivity index is 1.30. The summed E-state index contributed by atoms with van der Waals surface area (Å²) in [6.45, 7) is 0. The first-order chi connectivity index (χ1) is 25.8. The highest BCUT2D eigenvalue weighted by Crippen LogP contribution is 2.44. The van der Waals surface area contributed by atoms with E-state index in [0.717, 1.165) is 73.8 Å². The van der Waals surface area contributed by atoms with Crippen LogP contribution in [0, 0.1) is 0 Å². The lowest BCUT2D eigenvalue weighted by Crippen LogP contribution is -2.05. The quantitative estimate of drug-likeness (QED) is 0.188. The number of furan rings is 1. The van der Waals surface area contributed by atoms with Gasteiger partial charge in [0.25, 0.3) is 0 Å². The number of hydrogen-bond acceptors (Lipinski definition) is 4. The maximum absolute atomic E-state index is 6.58. The Hall–Kier alpha value is -6.85. The molecule has 0 fully saturated rings. The van der Waals surface area contributed by atoms with Gasteiger partial charge in [-0.1, -0.05) is 121 Å². The molecule has 0 atom stereocenters. The van der Waals surface area contributed by atoms with E-state index in [2.05, 4.69) is 144 Å². The number of para-hydroxylation sites is 1. The minimum atomic E-state index is 0.613. The first kappa shape index (κ1) is 28.9. The fraction of sp³-hybridized carbons (Fsp3) is 0.0426. The van der Waals surface area contributed by atoms with Crippen LogP contribution in [0.3, 0.4) is 0 Å². The summed E-state index contributed by atoms with van der Waals surface area (Å²) >= 11 is 0. The van der Waals surface area contributed by atoms with Crippen LogP contribution in [-0.2, 0) is 6.42 Å². The van der Waals surface area contributed by atoms with Gasteiger partial charge in [0.05, 0.1) is 22.3 Å². The Kier molecular flexibility index (Phi) is 6.31. The number of allylic oxidation sites excluding steroid dienone is 1. The zero-order valence-electron chi connectivity index (χ0n) is 28.1. The molecule has 0 bridgehead atoms. The Labute approximate surface area is 299 Å². The molecular formula is C47H30N4O. The van der Waals surface area contributed by atoms with Gasteiger partial charge in [-0.25, -0.2) is 15.0 Å². The molecule has 0 spiro atoms. The summed E-state index contributed by atoms with van der Waals surface area (Å²) in [5.41, 5.74) is 8.11. The molecule has 5 nitrogen and oxygen atoms in total. The van der Waals surface area contributed by atoms with Gasteiger partial charge in [0.15, 0.2) is 17.5 Å². The summed E-state index contributed by atoms with van der Waals surface area (Å²) in [5.74, 6) is 2.78. The number of nitrogens with zero attached hydrogens (tertiary/aromatic N) is 4. The molecule has 11 rings (SSSR count). The number of aryl methyl sites for hydroxylation is 1. The number of aromatic nitrogens is 4. The van der Waals surface area contributed by atoms with Crippen LogP contribution < -0.4 is 0 Å². The van der Waals surface area contributed by atoms with E-state index in [1.54, 1.807) is 0 Å². The predicted octanol–water partition coefficient (Wildman–Crippen LogP) is 12.0. The third-order valence-corrected chi connectivity index (χ3v) is 10.5. The molecule has 244 valence electrons. The standard InChI is InChI=1S/C47H30N4O/c1-2-14-30(15-3-1)45-48-46(35-22-12-18-29-13-6-7-19-33(29)35)50-47(49-45)44-39(25-26-42-43(44)36-21-9-11-24-41(36)52-42)51-38-23-10-8-20-34(38)37-27-31-16-4-5-17-32(31)28-40(37)51/h1-8,10-20,22-28H,9,21H2. The van der Waals surface area contributed by atoms with E-state index in [0.29, 0.717) is 17.5 Å². The fourth-order valence-corrected chi connectivity index (χ4v) is 8.13. The average molecular weight is 667 g/mol. The lowest BCUT2D eigenvalue weighted by Gasteiger charge is -2.17. The Morgan fingerprint density at radius 3 is 2.13 bits per heavy atom. The molecule has 0 unspecified atom stereocenters. The van der Waals surface area contributed by atoms with Crippen molar-refractivity contribution in [2.75, 3.05) is 0 Å². The van der Waals surface area contributed by atoms with Crippen LogP contribution in [-0.4, -0.2) is 19.5 Å². The number of rotatable bonds is 4. The maximum Gasteiger partial charge on any atom is 0.166 e. The van der Waals surface area contributed by atoms with Crippen molar-refractivity contribution in [2.45, 2.75) is 12.8 Å². The molecule has 0 amide bonds. The molecule has 5 heteroatoms. The molecule has 0 N–H and O–H groups in total. The lowest BCUT2D eigenvalue weighted by molar-refractivity contribution is 0.595. The summed E-state index contributed by atoms with van der Waals surface area (Å²) in [7, 11) is 0. The van der Waals surface area contributed by atoms with E-state index in [1.165, 1.54) is 27.1 Å². The Morgan fingerprint density at radius 1 is 0.538 bits per heavy atom. The van der Waals surface area contributed by atoms with Gasteiger partial charge >= 0.3 is 0 Å². The van der Waals surface area contributed by atoms with Gasteiger partial charge in [0.2, 0.25) is 0 Å². The van der Waals surface area contributed by atoms with Crippen molar-refractivity contribution in [1.82, 2.24) is 19.5 Å². The zero-order valence-corrected chi connectivity index (χ0v) is 28.1. The monoisotopic (exact) mass is 666 g/mol. The van der Waals surface area contributed by atoms with Crippen LogP contribution >= 0.6 is 0 Å². The third-order valence-electron chi connectivity index (χ3n) is 10.5. The maximum atomic E-state index is 6.58. The summed E-state index contributed by atoms with van der Waals surface area (Å²) in [4.78, 5) is 15.9. The minimum absolute atomic E-state index is 0.613. The van der Waals surface area contributed by atoms with Crippen molar-refractivity contribution in [2.24, 2.45) is 0 Å². The second kappa shape index (κ2) is 11.3. The fourth-order valence-electron chi connectivity index (χ4n) is 8.13. The summed E-state index contributed by atoms with van der Waals surface area (Å²) in [6, 6.07) is 51.2. The van der Waals surface area contributed by atoms with Gasteiger partial charge in [-0.05, 0) is 70.8 Å². The minimum Gasteiger partial charge on any atom is -0.456 e. The van der Waals surface area contributed by atoms with Crippen LogP contribution in [0.2, 0.25) is 0 Å². The van der Waals surface area contributed by atoms with Crippen molar-refractivity contribution in [3.8, 4) is 39.9 Å². The topological polar surface area (TPSA) is 56.7 Å². The normalized spacial score (nSPS) is 12.8. The van der Waals surface area contributed by atoms with E-state index in [-0.39, 0.29) is 0 Å². The molecule has 1 aliphatic carbocycles. The molecule has 3 heterocycles. The number of hydrogen-bond donors (Lipinski definition) is 0.